The summed E-state index contributed by atoms with van der Waals surface area (Å²) < 4.78 is 0. The van der Waals surface area contributed by atoms with Gasteiger partial charge in [-0.25, -0.2) is 4.79 Å². The normalized spacial score (nSPS) is 13.9. The summed E-state index contributed by atoms with van der Waals surface area (Å²) in [4.78, 5) is 44.5. The van der Waals surface area contributed by atoms with Crippen molar-refractivity contribution in [3.05, 3.63) is 72.1 Å². The number of carboxylic acid groups (broad SMARTS) is 1. The molecule has 4 rings (SSSR count). The predicted octanol–water partition coefficient (Wildman–Crippen LogP) is 2.86. The minimum Gasteiger partial charge on any atom is -0.480 e. The molecule has 0 saturated heterocycles. The molecule has 2 aromatic carbocycles. The van der Waals surface area contributed by atoms with E-state index in [4.69, 9.17) is 5.73 Å². The first-order valence-corrected chi connectivity index (χ1v) is 12.4. The second-order valence-corrected chi connectivity index (χ2v) is 9.82. The first kappa shape index (κ1) is 26.0. The average molecular weight is 504 g/mol. The molecule has 0 aliphatic heterocycles. The van der Waals surface area contributed by atoms with E-state index in [1.165, 1.54) is 0 Å². The monoisotopic (exact) mass is 503 g/mol. The van der Waals surface area contributed by atoms with Crippen LogP contribution in [0.2, 0.25) is 0 Å². The molecule has 7 N–H and O–H groups in total. The van der Waals surface area contributed by atoms with E-state index in [0.717, 1.165) is 32.9 Å². The zero-order valence-corrected chi connectivity index (χ0v) is 21.0. The predicted molar refractivity (Wildman–Crippen MR) is 143 cm³/mol. The Balaban J connectivity index is 1.44. The standard InChI is InChI=1S/C28H33N5O4/c1-16(2)11-24(32-26(34)21(29)12-17-14-30-22-9-5-3-7-19(17)22)27(35)33-25(28(36)37)13-18-15-31-23-10-6-4-8-20(18)23/h3-10,14-16,21,24-25,30-31H,11-13,29H2,1-2H3,(H,32,34)(H,33,35)(H,36,37). The number of rotatable bonds is 11. The van der Waals surface area contributed by atoms with E-state index >= 15 is 0 Å². The number of carboxylic acids is 1. The minimum atomic E-state index is -1.15. The lowest BCUT2D eigenvalue weighted by atomic mass is 10.00. The molecule has 37 heavy (non-hydrogen) atoms. The summed E-state index contributed by atoms with van der Waals surface area (Å²) in [6, 6.07) is 12.4. The molecule has 9 heteroatoms. The summed E-state index contributed by atoms with van der Waals surface area (Å²) in [7, 11) is 0. The van der Waals surface area contributed by atoms with Gasteiger partial charge in [0.05, 0.1) is 6.04 Å². The molecule has 2 heterocycles. The Hall–Kier alpha value is -4.11. The van der Waals surface area contributed by atoms with E-state index in [1.54, 1.807) is 6.20 Å². The third-order valence-electron chi connectivity index (χ3n) is 6.51. The van der Waals surface area contributed by atoms with E-state index in [-0.39, 0.29) is 12.3 Å². The van der Waals surface area contributed by atoms with Crippen LogP contribution >= 0.6 is 0 Å². The molecule has 194 valence electrons. The quantitative estimate of drug-likeness (QED) is 0.186. The smallest absolute Gasteiger partial charge is 0.326 e. The van der Waals surface area contributed by atoms with Crippen LogP contribution in [-0.2, 0) is 27.2 Å². The van der Waals surface area contributed by atoms with Crippen LogP contribution in [0.4, 0.5) is 0 Å². The molecule has 0 aliphatic rings. The van der Waals surface area contributed by atoms with Gasteiger partial charge in [0.25, 0.3) is 0 Å². The van der Waals surface area contributed by atoms with Gasteiger partial charge >= 0.3 is 5.97 Å². The maximum atomic E-state index is 13.2. The second kappa shape index (κ2) is 11.3. The molecular formula is C28H33N5O4. The van der Waals surface area contributed by atoms with Crippen molar-refractivity contribution < 1.29 is 19.5 Å². The zero-order chi connectivity index (χ0) is 26.5. The Morgan fingerprint density at radius 1 is 0.811 bits per heavy atom. The fourth-order valence-corrected chi connectivity index (χ4v) is 4.60. The summed E-state index contributed by atoms with van der Waals surface area (Å²) in [5.74, 6) is -2.08. The fourth-order valence-electron chi connectivity index (χ4n) is 4.60. The number of hydrogen-bond donors (Lipinski definition) is 6. The molecule has 3 unspecified atom stereocenters. The third kappa shape index (κ3) is 6.18. The topological polar surface area (TPSA) is 153 Å². The summed E-state index contributed by atoms with van der Waals surface area (Å²) in [6.07, 6.45) is 4.33. The lowest BCUT2D eigenvalue weighted by Crippen LogP contribution is -2.55. The van der Waals surface area contributed by atoms with Gasteiger partial charge in [-0.1, -0.05) is 50.2 Å². The van der Waals surface area contributed by atoms with Crippen LogP contribution in [0.25, 0.3) is 21.8 Å². The van der Waals surface area contributed by atoms with E-state index in [2.05, 4.69) is 20.6 Å². The minimum absolute atomic E-state index is 0.0813. The number of carbonyl (C=O) groups is 3. The summed E-state index contributed by atoms with van der Waals surface area (Å²) in [5.41, 5.74) is 9.76. The van der Waals surface area contributed by atoms with Crippen molar-refractivity contribution in [2.24, 2.45) is 11.7 Å². The van der Waals surface area contributed by atoms with Crippen molar-refractivity contribution >= 4 is 39.6 Å². The Kier molecular flexibility index (Phi) is 7.93. The number of hydrogen-bond acceptors (Lipinski definition) is 4. The number of H-pyrrole nitrogens is 2. The van der Waals surface area contributed by atoms with Gasteiger partial charge in [-0.2, -0.15) is 0 Å². The van der Waals surface area contributed by atoms with Gasteiger partial charge in [-0.05, 0) is 42.0 Å². The van der Waals surface area contributed by atoms with E-state index in [1.807, 2.05) is 68.6 Å². The van der Waals surface area contributed by atoms with E-state index < -0.39 is 35.9 Å². The number of aromatic amines is 2. The number of nitrogens with one attached hydrogen (secondary N) is 4. The van der Waals surface area contributed by atoms with E-state index in [9.17, 15) is 19.5 Å². The van der Waals surface area contributed by atoms with Gasteiger partial charge in [0.15, 0.2) is 0 Å². The average Bonchev–Trinajstić information content (AvgIpc) is 3.47. The molecule has 4 aromatic rings. The number of fused-ring (bicyclic) bond motifs is 2. The van der Waals surface area contributed by atoms with Crippen LogP contribution in [0, 0.1) is 5.92 Å². The number of benzene rings is 2. The lowest BCUT2D eigenvalue weighted by molar-refractivity contribution is -0.142. The van der Waals surface area contributed by atoms with Gasteiger partial charge in [0.2, 0.25) is 11.8 Å². The molecule has 2 aromatic heterocycles. The molecule has 0 spiro atoms. The Labute approximate surface area is 214 Å². The molecule has 0 bridgehead atoms. The van der Waals surface area contributed by atoms with Gasteiger partial charge in [-0.15, -0.1) is 0 Å². The number of aromatic nitrogens is 2. The van der Waals surface area contributed by atoms with Crippen LogP contribution < -0.4 is 16.4 Å². The number of carbonyl (C=O) groups excluding carboxylic acids is 2. The lowest BCUT2D eigenvalue weighted by Gasteiger charge is -2.24. The molecule has 0 radical (unpaired) electrons. The van der Waals surface area contributed by atoms with Crippen molar-refractivity contribution in [1.82, 2.24) is 20.6 Å². The summed E-state index contributed by atoms with van der Waals surface area (Å²) in [5, 5.41) is 17.1. The number of aliphatic carboxylic acids is 1. The SMILES string of the molecule is CC(C)CC(NC(=O)C(N)Cc1c[nH]c2ccccc12)C(=O)NC(Cc1c[nH]c2ccccc12)C(=O)O. The van der Waals surface area contributed by atoms with Crippen LogP contribution in [0.3, 0.4) is 0 Å². The van der Waals surface area contributed by atoms with Crippen molar-refractivity contribution in [3.8, 4) is 0 Å². The fraction of sp³-hybridized carbons (Fsp3) is 0.321. The molecule has 0 fully saturated rings. The largest absolute Gasteiger partial charge is 0.480 e. The second-order valence-electron chi connectivity index (χ2n) is 9.82. The molecular weight excluding hydrogens is 470 g/mol. The number of amides is 2. The summed E-state index contributed by atoms with van der Waals surface area (Å²) in [6.45, 7) is 3.86. The van der Waals surface area contributed by atoms with Crippen LogP contribution in [-0.4, -0.2) is 51.0 Å². The molecule has 9 nitrogen and oxygen atoms in total. The molecule has 3 atom stereocenters. The third-order valence-corrected chi connectivity index (χ3v) is 6.51. The van der Waals surface area contributed by atoms with Crippen LogP contribution in [0.15, 0.2) is 60.9 Å². The maximum absolute atomic E-state index is 13.2. The molecule has 2 amide bonds. The Bertz CT molecular complexity index is 1410. The molecule has 0 aliphatic carbocycles. The first-order chi connectivity index (χ1) is 17.7. The molecule has 0 saturated carbocycles. The summed E-state index contributed by atoms with van der Waals surface area (Å²) >= 11 is 0. The van der Waals surface area contributed by atoms with Crippen molar-refractivity contribution in [2.45, 2.75) is 51.2 Å². The van der Waals surface area contributed by atoms with E-state index in [0.29, 0.717) is 12.8 Å². The Morgan fingerprint density at radius 2 is 1.32 bits per heavy atom. The first-order valence-electron chi connectivity index (χ1n) is 12.4. The van der Waals surface area contributed by atoms with Crippen LogP contribution in [0.5, 0.6) is 0 Å². The van der Waals surface area contributed by atoms with Gasteiger partial charge < -0.3 is 31.4 Å². The highest BCUT2D eigenvalue weighted by molar-refractivity contribution is 5.93. The Morgan fingerprint density at radius 3 is 1.86 bits per heavy atom. The highest BCUT2D eigenvalue weighted by Gasteiger charge is 2.29. The van der Waals surface area contributed by atoms with Crippen molar-refractivity contribution in [3.63, 3.8) is 0 Å². The van der Waals surface area contributed by atoms with Gasteiger partial charge in [0, 0.05) is 40.6 Å². The van der Waals surface area contributed by atoms with Gasteiger partial charge in [0.1, 0.15) is 12.1 Å². The highest BCUT2D eigenvalue weighted by Crippen LogP contribution is 2.20. The van der Waals surface area contributed by atoms with Crippen LogP contribution in [0.1, 0.15) is 31.4 Å². The highest BCUT2D eigenvalue weighted by atomic mass is 16.4. The van der Waals surface area contributed by atoms with Gasteiger partial charge in [-0.3, -0.25) is 9.59 Å². The number of nitrogens with two attached hydrogens (primary N) is 1. The van der Waals surface area contributed by atoms with Crippen molar-refractivity contribution in [1.29, 1.82) is 0 Å². The number of para-hydroxylation sites is 2. The zero-order valence-electron chi connectivity index (χ0n) is 21.0. The van der Waals surface area contributed by atoms with Crippen molar-refractivity contribution in [2.75, 3.05) is 0 Å². The maximum Gasteiger partial charge on any atom is 0.326 e.